The zero-order chi connectivity index (χ0) is 40.4. The molecule has 0 saturated carbocycles. The van der Waals surface area contributed by atoms with Crippen molar-refractivity contribution in [1.29, 1.82) is 0 Å². The number of aliphatic hydroxyl groups excluding tert-OH is 2. The Morgan fingerprint density at radius 3 is 2.45 bits per heavy atom. The van der Waals surface area contributed by atoms with E-state index in [1.807, 2.05) is 71.3 Å². The number of rotatable bonds is 19. The number of carbonyl (C=O) groups is 3. The highest BCUT2D eigenvalue weighted by Gasteiger charge is 2.44. The van der Waals surface area contributed by atoms with E-state index in [0.717, 1.165) is 27.3 Å². The number of nitrogens with two attached hydrogens (primary N) is 2. The van der Waals surface area contributed by atoms with Crippen molar-refractivity contribution >= 4 is 29.1 Å². The van der Waals surface area contributed by atoms with Crippen molar-refractivity contribution in [2.24, 2.45) is 16.9 Å². The summed E-state index contributed by atoms with van der Waals surface area (Å²) in [7, 11) is 0. The maximum absolute atomic E-state index is 15.2. The second-order valence-electron chi connectivity index (χ2n) is 15.9. The first-order valence-corrected chi connectivity index (χ1v) is 20.0. The van der Waals surface area contributed by atoms with Crippen molar-refractivity contribution in [3.8, 4) is 16.2 Å². The molecule has 1 unspecified atom stereocenters. The van der Waals surface area contributed by atoms with E-state index in [-0.39, 0.29) is 56.0 Å². The first-order valence-electron chi connectivity index (χ1n) is 19.1. The number of hydrogen-bond acceptors (Lipinski definition) is 10. The summed E-state index contributed by atoms with van der Waals surface area (Å²) < 4.78 is 20.9. The van der Waals surface area contributed by atoms with Crippen LogP contribution in [0.4, 0.5) is 4.39 Å². The van der Waals surface area contributed by atoms with E-state index in [2.05, 4.69) is 15.6 Å². The monoisotopic (exact) mass is 782 g/mol. The number of hydrogen-bond donors (Lipinski definition) is 6. The summed E-state index contributed by atoms with van der Waals surface area (Å²) in [5, 5.41) is 28.1. The van der Waals surface area contributed by atoms with Crippen LogP contribution in [0.3, 0.4) is 0 Å². The van der Waals surface area contributed by atoms with Gasteiger partial charge in [0.2, 0.25) is 17.7 Å². The third kappa shape index (κ3) is 12.5. The zero-order valence-electron chi connectivity index (χ0n) is 32.9. The number of aliphatic hydroxyl groups is 2. The lowest BCUT2D eigenvalue weighted by molar-refractivity contribution is -0.142. The topological polar surface area (TPSA) is 193 Å². The maximum atomic E-state index is 15.2. The number of nitrogens with zero attached hydrogens (tertiary/aromatic N) is 2. The molecule has 0 spiro atoms. The van der Waals surface area contributed by atoms with E-state index in [0.29, 0.717) is 37.7 Å². The molecule has 2 aromatic carbocycles. The number of amides is 3. The quantitative estimate of drug-likeness (QED) is 0.0732. The number of nitrogens with one attached hydrogen (secondary N) is 2. The molecule has 3 aromatic rings. The summed E-state index contributed by atoms with van der Waals surface area (Å²) in [5.41, 5.74) is 16.7. The molecule has 1 aliphatic heterocycles. The standard InChI is InChI=1S/C41H59FN6O6S/c1-24-18-29(36(42)33(19-24)54-22-30(43)16-17-34(44)50)10-8-7-9-11-35(51)47-38(41(4,5)6)40(53)48-21-31(49)20-32(48)39(52)46-25(2)27-12-14-28(15-13-27)37-26(3)45-23-55-37/h12-15,18-19,23,25,30-32,38-39,46,49,52H,7-11,16-17,20-22,43H2,1-6H3,(H2,44,50)(H,47,51)/t25-,30-,31-,32-,38+,39?/m0/s1. The number of unbranched alkanes of at least 4 members (excludes halogenated alkanes) is 2. The van der Waals surface area contributed by atoms with Crippen LogP contribution in [-0.2, 0) is 20.8 Å². The summed E-state index contributed by atoms with van der Waals surface area (Å²) in [6.07, 6.45) is 1.21. The average Bonchev–Trinajstić information content (AvgIpc) is 3.74. The van der Waals surface area contributed by atoms with Gasteiger partial charge in [-0.15, -0.1) is 11.3 Å². The van der Waals surface area contributed by atoms with Crippen LogP contribution < -0.4 is 26.8 Å². The lowest BCUT2D eigenvalue weighted by atomic mass is 9.85. The summed E-state index contributed by atoms with van der Waals surface area (Å²) >= 11 is 1.58. The third-order valence-corrected chi connectivity index (χ3v) is 11.0. The van der Waals surface area contributed by atoms with Crippen LogP contribution in [-0.4, -0.2) is 81.4 Å². The van der Waals surface area contributed by atoms with Gasteiger partial charge in [0.05, 0.1) is 28.2 Å². The number of benzene rings is 2. The maximum Gasteiger partial charge on any atom is 0.246 e. The van der Waals surface area contributed by atoms with Crippen molar-refractivity contribution in [2.75, 3.05) is 13.2 Å². The van der Waals surface area contributed by atoms with Crippen molar-refractivity contribution in [3.63, 3.8) is 0 Å². The van der Waals surface area contributed by atoms with E-state index in [9.17, 15) is 24.6 Å². The molecule has 1 aromatic heterocycles. The number of carbonyl (C=O) groups excluding carboxylic acids is 3. The number of ether oxygens (including phenoxy) is 1. The number of primary amides is 1. The Bertz CT molecular complexity index is 1750. The Labute approximate surface area is 328 Å². The molecule has 14 heteroatoms. The molecule has 2 heterocycles. The smallest absolute Gasteiger partial charge is 0.246 e. The highest BCUT2D eigenvalue weighted by molar-refractivity contribution is 7.13. The predicted molar refractivity (Wildman–Crippen MR) is 213 cm³/mol. The lowest BCUT2D eigenvalue weighted by Gasteiger charge is -2.37. The number of thiazole rings is 1. The van der Waals surface area contributed by atoms with Crippen molar-refractivity contribution < 1.29 is 33.7 Å². The Morgan fingerprint density at radius 2 is 1.82 bits per heavy atom. The van der Waals surface area contributed by atoms with Gasteiger partial charge in [0.1, 0.15) is 18.9 Å². The van der Waals surface area contributed by atoms with Crippen molar-refractivity contribution in [1.82, 2.24) is 20.5 Å². The van der Waals surface area contributed by atoms with Gasteiger partial charge in [-0.3, -0.25) is 19.7 Å². The molecule has 12 nitrogen and oxygen atoms in total. The van der Waals surface area contributed by atoms with Crippen LogP contribution in [0.25, 0.3) is 10.4 Å². The first-order chi connectivity index (χ1) is 25.9. The minimum absolute atomic E-state index is 0.0480. The molecule has 1 saturated heterocycles. The SMILES string of the molecule is Cc1cc(CCCCCC(=O)N[C@H](C(=O)N2C[C@@H](O)C[C@H]2C(O)N[C@@H](C)c2ccc(-c3scnc3C)cc2)C(C)(C)C)c(F)c(OC[C@@H](N)CCC(N)=O)c1. The third-order valence-electron chi connectivity index (χ3n) is 10.0. The van der Waals surface area contributed by atoms with Crippen LogP contribution in [0.5, 0.6) is 5.75 Å². The summed E-state index contributed by atoms with van der Waals surface area (Å²) in [6, 6.07) is 9.16. The molecular formula is C41H59FN6O6S. The second-order valence-corrected chi connectivity index (χ2v) is 16.8. The first kappa shape index (κ1) is 43.8. The Balaban J connectivity index is 1.28. The molecule has 1 fully saturated rings. The molecule has 0 bridgehead atoms. The Kier molecular flexibility index (Phi) is 15.7. The van der Waals surface area contributed by atoms with Gasteiger partial charge in [-0.25, -0.2) is 9.37 Å². The normalized spacial score (nSPS) is 18.1. The molecule has 6 atom stereocenters. The van der Waals surface area contributed by atoms with E-state index < -0.39 is 47.6 Å². The van der Waals surface area contributed by atoms with Crippen LogP contribution in [0.2, 0.25) is 0 Å². The van der Waals surface area contributed by atoms with Gasteiger partial charge >= 0.3 is 0 Å². The van der Waals surface area contributed by atoms with Gasteiger partial charge in [0, 0.05) is 31.5 Å². The fourth-order valence-corrected chi connectivity index (χ4v) is 7.70. The van der Waals surface area contributed by atoms with Crippen LogP contribution in [0.1, 0.15) is 101 Å². The van der Waals surface area contributed by atoms with Crippen LogP contribution >= 0.6 is 11.3 Å². The van der Waals surface area contributed by atoms with E-state index >= 15 is 4.39 Å². The summed E-state index contributed by atoms with van der Waals surface area (Å²) in [6.45, 7) is 11.5. The molecule has 8 N–H and O–H groups in total. The molecule has 0 aliphatic carbocycles. The molecule has 55 heavy (non-hydrogen) atoms. The number of halogens is 1. The largest absolute Gasteiger partial charge is 0.489 e. The molecule has 302 valence electrons. The summed E-state index contributed by atoms with van der Waals surface area (Å²) in [4.78, 5) is 45.2. The van der Waals surface area contributed by atoms with Gasteiger partial charge < -0.3 is 36.6 Å². The number of aryl methyl sites for hydroxylation is 3. The highest BCUT2D eigenvalue weighted by atomic mass is 32.1. The van der Waals surface area contributed by atoms with Crippen molar-refractivity contribution in [3.05, 3.63) is 70.1 Å². The van der Waals surface area contributed by atoms with E-state index in [1.54, 1.807) is 23.5 Å². The van der Waals surface area contributed by atoms with Gasteiger partial charge in [0.15, 0.2) is 11.6 Å². The van der Waals surface area contributed by atoms with Gasteiger partial charge in [-0.2, -0.15) is 0 Å². The van der Waals surface area contributed by atoms with E-state index in [4.69, 9.17) is 16.2 Å². The minimum Gasteiger partial charge on any atom is -0.489 e. The van der Waals surface area contributed by atoms with Crippen LogP contribution in [0, 0.1) is 25.1 Å². The van der Waals surface area contributed by atoms with Crippen LogP contribution in [0.15, 0.2) is 41.9 Å². The molecule has 3 amide bonds. The van der Waals surface area contributed by atoms with E-state index in [1.165, 1.54) is 4.90 Å². The molecule has 0 radical (unpaired) electrons. The van der Waals surface area contributed by atoms with Gasteiger partial charge in [-0.05, 0) is 86.6 Å². The van der Waals surface area contributed by atoms with Gasteiger partial charge in [0.25, 0.3) is 0 Å². The number of likely N-dealkylation sites (tertiary alicyclic amines) is 1. The second kappa shape index (κ2) is 19.8. The molecular weight excluding hydrogens is 724 g/mol. The Hall–Kier alpha value is -3.95. The zero-order valence-corrected chi connectivity index (χ0v) is 33.8. The molecule has 1 aliphatic rings. The summed E-state index contributed by atoms with van der Waals surface area (Å²) in [5.74, 6) is -1.43. The lowest BCUT2D eigenvalue weighted by Crippen LogP contribution is -2.58. The Morgan fingerprint density at radius 1 is 1.11 bits per heavy atom. The molecule has 4 rings (SSSR count). The fourth-order valence-electron chi connectivity index (χ4n) is 6.89. The average molecular weight is 783 g/mol. The minimum atomic E-state index is -1.12. The number of β-amino-alcohol motifs (C(OH)–C–C–N with tert-alkyl or cyclic N) is 1. The van der Waals surface area contributed by atoms with Gasteiger partial charge in [-0.1, -0.05) is 57.5 Å². The highest BCUT2D eigenvalue weighted by Crippen LogP contribution is 2.31. The van der Waals surface area contributed by atoms with Crippen molar-refractivity contribution in [2.45, 2.75) is 129 Å². The number of aromatic nitrogens is 1. The fraction of sp³-hybridized carbons (Fsp3) is 0.561. The predicted octanol–water partition coefficient (Wildman–Crippen LogP) is 4.80.